The highest BCUT2D eigenvalue weighted by Gasteiger charge is 2.19. The minimum Gasteiger partial charge on any atom is -0.465 e. The number of hydrogen-bond donors (Lipinski definition) is 1. The Hall–Kier alpha value is -3.47. The molecule has 0 atom stereocenters. The smallest absolute Gasteiger partial charge is 0.420 e. The van der Waals surface area contributed by atoms with Crippen LogP contribution < -0.4 is 11.1 Å². The normalized spacial score (nSPS) is 10.7. The summed E-state index contributed by atoms with van der Waals surface area (Å²) in [6.07, 6.45) is 0. The van der Waals surface area contributed by atoms with Crippen LogP contribution in [0, 0.1) is 6.92 Å². The zero-order valence-corrected chi connectivity index (χ0v) is 16.6. The number of methoxy groups -OCH3 is 1. The van der Waals surface area contributed by atoms with Crippen molar-refractivity contribution in [3.8, 4) is 0 Å². The van der Waals surface area contributed by atoms with Gasteiger partial charge in [-0.1, -0.05) is 11.3 Å². The predicted octanol–water partition coefficient (Wildman–Crippen LogP) is 1.96. The van der Waals surface area contributed by atoms with Gasteiger partial charge in [-0.2, -0.15) is 0 Å². The molecule has 0 fully saturated rings. The van der Waals surface area contributed by atoms with Crippen molar-refractivity contribution < 1.29 is 28.3 Å². The van der Waals surface area contributed by atoms with E-state index in [1.165, 1.54) is 25.3 Å². The Labute approximate surface area is 168 Å². The predicted molar refractivity (Wildman–Crippen MR) is 103 cm³/mol. The number of nitrogens with one attached hydrogen (secondary N) is 1. The molecule has 2 heterocycles. The van der Waals surface area contributed by atoms with Crippen LogP contribution in [-0.4, -0.2) is 41.1 Å². The number of aromatic nitrogens is 2. The molecule has 10 nitrogen and oxygen atoms in total. The Balaban J connectivity index is 1.79. The third-order valence-corrected chi connectivity index (χ3v) is 4.95. The fourth-order valence-electron chi connectivity index (χ4n) is 2.60. The SMILES string of the molecule is CCOC(=O)c1sc(NC(=O)Cn2c(=O)oc3cc(C(=O)OC)ccc32)nc1C. The van der Waals surface area contributed by atoms with Crippen LogP contribution >= 0.6 is 11.3 Å². The number of hydrogen-bond acceptors (Lipinski definition) is 9. The van der Waals surface area contributed by atoms with Crippen LogP contribution in [0.2, 0.25) is 0 Å². The van der Waals surface area contributed by atoms with E-state index in [0.29, 0.717) is 16.1 Å². The molecule has 0 saturated heterocycles. The molecule has 0 bridgehead atoms. The van der Waals surface area contributed by atoms with Crippen LogP contribution in [0.4, 0.5) is 5.13 Å². The van der Waals surface area contributed by atoms with Gasteiger partial charge >= 0.3 is 17.7 Å². The van der Waals surface area contributed by atoms with Crippen molar-refractivity contribution >= 4 is 45.4 Å². The first-order valence-corrected chi connectivity index (χ1v) is 9.31. The maximum absolute atomic E-state index is 12.4. The first-order valence-electron chi connectivity index (χ1n) is 8.50. The van der Waals surface area contributed by atoms with E-state index in [1.807, 2.05) is 0 Å². The molecule has 1 N–H and O–H groups in total. The van der Waals surface area contributed by atoms with Crippen molar-refractivity contribution in [2.45, 2.75) is 20.4 Å². The fourth-order valence-corrected chi connectivity index (χ4v) is 3.48. The number of benzene rings is 1. The first kappa shape index (κ1) is 20.3. The highest BCUT2D eigenvalue weighted by atomic mass is 32.1. The molecule has 0 saturated carbocycles. The number of nitrogens with zero attached hydrogens (tertiary/aromatic N) is 2. The molecule has 152 valence electrons. The summed E-state index contributed by atoms with van der Waals surface area (Å²) in [7, 11) is 1.24. The standard InChI is InChI=1S/C18H17N3O7S/c1-4-27-16(24)14-9(2)19-17(29-14)20-13(22)8-21-11-6-5-10(15(23)26-3)7-12(11)28-18(21)25/h5-7H,4,8H2,1-3H3,(H,19,20,22). The van der Waals surface area contributed by atoms with Crippen molar-refractivity contribution in [1.29, 1.82) is 0 Å². The van der Waals surface area contributed by atoms with E-state index in [1.54, 1.807) is 13.8 Å². The number of rotatable bonds is 6. The highest BCUT2D eigenvalue weighted by Crippen LogP contribution is 2.23. The molecule has 0 radical (unpaired) electrons. The maximum Gasteiger partial charge on any atom is 0.420 e. The summed E-state index contributed by atoms with van der Waals surface area (Å²) in [6.45, 7) is 3.21. The molecule has 1 aromatic carbocycles. The quantitative estimate of drug-likeness (QED) is 0.600. The van der Waals surface area contributed by atoms with Gasteiger partial charge in [-0.15, -0.1) is 0 Å². The largest absolute Gasteiger partial charge is 0.465 e. The summed E-state index contributed by atoms with van der Waals surface area (Å²) in [5.41, 5.74) is 1.15. The van der Waals surface area contributed by atoms with E-state index in [0.717, 1.165) is 15.9 Å². The van der Waals surface area contributed by atoms with Gasteiger partial charge in [0.15, 0.2) is 10.7 Å². The van der Waals surface area contributed by atoms with Crippen molar-refractivity contribution in [2.24, 2.45) is 0 Å². The van der Waals surface area contributed by atoms with Crippen LogP contribution in [0.15, 0.2) is 27.4 Å². The summed E-state index contributed by atoms with van der Waals surface area (Å²) < 4.78 is 15.8. The zero-order chi connectivity index (χ0) is 21.1. The Bertz CT molecular complexity index is 1160. The first-order chi connectivity index (χ1) is 13.8. The number of carbonyl (C=O) groups excluding carboxylic acids is 3. The highest BCUT2D eigenvalue weighted by molar-refractivity contribution is 7.17. The van der Waals surface area contributed by atoms with Gasteiger partial charge in [0.1, 0.15) is 11.4 Å². The number of aryl methyl sites for hydroxylation is 1. The number of anilines is 1. The van der Waals surface area contributed by atoms with Gasteiger partial charge < -0.3 is 19.2 Å². The van der Waals surface area contributed by atoms with Gasteiger partial charge in [0.05, 0.1) is 30.5 Å². The van der Waals surface area contributed by atoms with Gasteiger partial charge in [0.25, 0.3) is 0 Å². The molecule has 29 heavy (non-hydrogen) atoms. The molecule has 0 unspecified atom stereocenters. The molecule has 2 aromatic heterocycles. The molecule has 0 aliphatic rings. The van der Waals surface area contributed by atoms with Crippen LogP contribution in [0.3, 0.4) is 0 Å². The topological polar surface area (TPSA) is 130 Å². The number of fused-ring (bicyclic) bond motifs is 1. The van der Waals surface area contributed by atoms with Crippen LogP contribution in [0.25, 0.3) is 11.1 Å². The molecule has 11 heteroatoms. The van der Waals surface area contributed by atoms with Crippen molar-refractivity contribution in [1.82, 2.24) is 9.55 Å². The lowest BCUT2D eigenvalue weighted by Crippen LogP contribution is -2.24. The summed E-state index contributed by atoms with van der Waals surface area (Å²) in [6, 6.07) is 4.33. The van der Waals surface area contributed by atoms with Crippen LogP contribution in [0.5, 0.6) is 0 Å². The van der Waals surface area contributed by atoms with E-state index >= 15 is 0 Å². The minimum absolute atomic E-state index is 0.153. The van der Waals surface area contributed by atoms with Gasteiger partial charge in [-0.05, 0) is 32.0 Å². The van der Waals surface area contributed by atoms with Crippen molar-refractivity contribution in [3.63, 3.8) is 0 Å². The fraction of sp³-hybridized carbons (Fsp3) is 0.278. The number of amides is 1. The Morgan fingerprint density at radius 1 is 1.28 bits per heavy atom. The van der Waals surface area contributed by atoms with E-state index in [-0.39, 0.29) is 29.4 Å². The lowest BCUT2D eigenvalue weighted by atomic mass is 10.2. The number of carbonyl (C=O) groups is 3. The van der Waals surface area contributed by atoms with E-state index < -0.39 is 23.6 Å². The van der Waals surface area contributed by atoms with E-state index in [4.69, 9.17) is 9.15 Å². The van der Waals surface area contributed by atoms with Crippen molar-refractivity contribution in [3.05, 3.63) is 44.9 Å². The van der Waals surface area contributed by atoms with E-state index in [9.17, 15) is 19.2 Å². The number of thiazole rings is 1. The average molecular weight is 419 g/mol. The second kappa shape index (κ2) is 8.27. The Morgan fingerprint density at radius 2 is 2.03 bits per heavy atom. The molecule has 0 aliphatic heterocycles. The van der Waals surface area contributed by atoms with Gasteiger partial charge in [-0.3, -0.25) is 9.36 Å². The third kappa shape index (κ3) is 4.19. The molecular formula is C18H17N3O7S. The number of esters is 2. The molecule has 0 aliphatic carbocycles. The Kier molecular flexibility index (Phi) is 5.78. The zero-order valence-electron chi connectivity index (χ0n) is 15.8. The Morgan fingerprint density at radius 3 is 2.72 bits per heavy atom. The average Bonchev–Trinajstić information content (AvgIpc) is 3.20. The molecule has 0 spiro atoms. The van der Waals surface area contributed by atoms with Gasteiger partial charge in [0, 0.05) is 0 Å². The van der Waals surface area contributed by atoms with Crippen molar-refractivity contribution in [2.75, 3.05) is 19.0 Å². The number of oxazole rings is 1. The van der Waals surface area contributed by atoms with Crippen LogP contribution in [0.1, 0.15) is 32.6 Å². The summed E-state index contributed by atoms with van der Waals surface area (Å²) >= 11 is 0.984. The van der Waals surface area contributed by atoms with Gasteiger partial charge in [0.2, 0.25) is 5.91 Å². The monoisotopic (exact) mass is 419 g/mol. The lowest BCUT2D eigenvalue weighted by molar-refractivity contribution is -0.116. The second-order valence-corrected chi connectivity index (χ2v) is 6.83. The maximum atomic E-state index is 12.4. The lowest BCUT2D eigenvalue weighted by Gasteiger charge is -2.03. The van der Waals surface area contributed by atoms with E-state index in [2.05, 4.69) is 15.0 Å². The summed E-state index contributed by atoms with van der Waals surface area (Å²) in [5, 5.41) is 2.77. The second-order valence-electron chi connectivity index (χ2n) is 5.83. The molecule has 3 aromatic rings. The molecule has 3 rings (SSSR count). The molecule has 1 amide bonds. The summed E-state index contributed by atoms with van der Waals surface area (Å²) in [5.74, 6) is -2.37. The van der Waals surface area contributed by atoms with Crippen LogP contribution in [-0.2, 0) is 20.8 Å². The van der Waals surface area contributed by atoms with Gasteiger partial charge in [-0.25, -0.2) is 19.4 Å². The minimum atomic E-state index is -0.750. The third-order valence-electron chi connectivity index (χ3n) is 3.89. The number of ether oxygens (including phenoxy) is 2. The summed E-state index contributed by atoms with van der Waals surface area (Å²) in [4.78, 5) is 52.4. The molecular weight excluding hydrogens is 402 g/mol.